The number of nitrogens with one attached hydrogen (secondary N) is 1. The third kappa shape index (κ3) is 20.1. The smallest absolute Gasteiger partial charge is 0.328 e. The maximum atomic E-state index is 13.0. The van der Waals surface area contributed by atoms with E-state index in [1.807, 2.05) is 62.4 Å². The third-order valence-corrected chi connectivity index (χ3v) is 12.9. The number of aliphatic carboxylic acids is 1. The van der Waals surface area contributed by atoms with Crippen LogP contribution in [0.3, 0.4) is 0 Å². The van der Waals surface area contributed by atoms with E-state index in [-0.39, 0.29) is 43.2 Å². The molecule has 4 rings (SSSR count). The first-order valence-electron chi connectivity index (χ1n) is 19.6. The van der Waals surface area contributed by atoms with Crippen molar-refractivity contribution in [2.75, 3.05) is 38.2 Å². The zero-order chi connectivity index (χ0) is 42.9. The molecule has 2 aromatic rings. The van der Waals surface area contributed by atoms with Gasteiger partial charge in [0.1, 0.15) is 31.8 Å². The van der Waals surface area contributed by atoms with Crippen molar-refractivity contribution in [1.82, 2.24) is 5.32 Å². The second-order valence-corrected chi connectivity index (χ2v) is 20.3. The van der Waals surface area contributed by atoms with Gasteiger partial charge in [0.05, 0.1) is 19.6 Å². The summed E-state index contributed by atoms with van der Waals surface area (Å²) in [4.78, 5) is 47.2. The minimum Gasteiger partial charge on any atom is -0.481 e. The molecule has 2 aliphatic rings. The molecule has 0 aliphatic heterocycles. The number of aryl methyl sites for hydroxylation is 2. The molecule has 2 fully saturated rings. The van der Waals surface area contributed by atoms with E-state index in [1.54, 1.807) is 0 Å². The Kier molecular flexibility index (Phi) is 24.4. The molecule has 0 heterocycles. The van der Waals surface area contributed by atoms with E-state index in [0.717, 1.165) is 55.2 Å². The zero-order valence-corrected chi connectivity index (χ0v) is 37.4. The number of methoxy groups -OCH3 is 2. The van der Waals surface area contributed by atoms with Crippen molar-refractivity contribution in [2.45, 2.75) is 123 Å². The van der Waals surface area contributed by atoms with Gasteiger partial charge < -0.3 is 25.6 Å². The Morgan fingerprint density at radius 1 is 0.695 bits per heavy atom. The first kappa shape index (κ1) is 55.5. The van der Waals surface area contributed by atoms with Crippen molar-refractivity contribution in [2.24, 2.45) is 16.6 Å². The molecule has 336 valence electrons. The number of hydrogen-bond acceptors (Lipinski definition) is 11. The fourth-order valence-electron chi connectivity index (χ4n) is 6.84. The van der Waals surface area contributed by atoms with E-state index < -0.39 is 54.5 Å². The molecule has 2 saturated carbocycles. The Bertz CT molecular complexity index is 1830. The van der Waals surface area contributed by atoms with Crippen LogP contribution < -0.4 is 11.1 Å². The van der Waals surface area contributed by atoms with Crippen LogP contribution >= 0.6 is 12.4 Å². The number of sulfone groups is 2. The number of benzene rings is 2. The van der Waals surface area contributed by atoms with Gasteiger partial charge in [0, 0.05) is 35.9 Å². The van der Waals surface area contributed by atoms with Gasteiger partial charge in [-0.2, -0.15) is 0 Å². The van der Waals surface area contributed by atoms with Crippen LogP contribution in [0.2, 0.25) is 0 Å². The van der Waals surface area contributed by atoms with Crippen LogP contribution in [0, 0.1) is 24.7 Å². The molecule has 0 bridgehead atoms. The Balaban J connectivity index is 0.000000921. The number of carboxylic acids is 1. The predicted molar refractivity (Wildman–Crippen MR) is 235 cm³/mol. The predicted octanol–water partition coefficient (Wildman–Crippen LogP) is 6.13. The molecule has 4 N–H and O–H groups in total. The average molecular weight is 890 g/mol. The third-order valence-electron chi connectivity index (χ3n) is 10.8. The number of nitrogens with two attached hydrogens (primary N) is 1. The van der Waals surface area contributed by atoms with Crippen LogP contribution in [-0.2, 0) is 61.2 Å². The molecule has 13 nitrogen and oxygen atoms in total. The number of amides is 1. The quantitative estimate of drug-likeness (QED) is 0.107. The Morgan fingerprint density at radius 3 is 1.42 bits per heavy atom. The second kappa shape index (κ2) is 25.9. The fraction of sp³-hybridized carbons (Fsp3) is 0.628. The highest BCUT2D eigenvalue weighted by Crippen LogP contribution is 2.46. The molecule has 59 heavy (non-hydrogen) atoms. The lowest BCUT2D eigenvalue weighted by Gasteiger charge is -2.41. The van der Waals surface area contributed by atoms with Gasteiger partial charge in [0.25, 0.3) is 0 Å². The van der Waals surface area contributed by atoms with Crippen molar-refractivity contribution >= 4 is 55.9 Å². The molecule has 0 radical (unpaired) electrons. The lowest BCUT2D eigenvalue weighted by Crippen LogP contribution is -2.52. The topological polar surface area (TPSA) is 213 Å². The van der Waals surface area contributed by atoms with E-state index >= 15 is 0 Å². The van der Waals surface area contributed by atoms with Crippen LogP contribution in [0.1, 0.15) is 107 Å². The van der Waals surface area contributed by atoms with E-state index in [0.29, 0.717) is 51.4 Å². The Morgan fingerprint density at radius 2 is 1.08 bits per heavy atom. The molecule has 0 spiro atoms. The van der Waals surface area contributed by atoms with E-state index in [4.69, 9.17) is 15.6 Å². The van der Waals surface area contributed by atoms with Crippen LogP contribution in [0.5, 0.6) is 0 Å². The number of esters is 2. The highest BCUT2D eigenvalue weighted by molar-refractivity contribution is 7.90. The van der Waals surface area contributed by atoms with Crippen molar-refractivity contribution in [3.8, 4) is 0 Å². The summed E-state index contributed by atoms with van der Waals surface area (Å²) in [5.74, 6) is -1.36. The Hall–Kier alpha value is -3.53. The molecule has 16 heteroatoms. The minimum atomic E-state index is -2.98. The molecule has 2 atom stereocenters. The standard InChI is InChI=1S/C21H31NO5S.C11H15NO2.C10H18O4S.CH4.ClH/c1-16-7-9-17(10-8-16)15-18(19(23)27-2)22-20(24)21(12-6-13-21)11-4-5-14-28(3,25)26;1-8-3-5-9(6-4-8)7-10(12)11(13)14-2;1-15(13,14)8-3-2-5-10(9(11)12)6-4-7-10;;/h7-10,18H,4-6,11-15H2,1-3H3,(H,22,24);3-6,10H,7,12H2,1-2H3;2-8H2,1H3,(H,11,12);1H4;1H. The number of carbonyl (C=O) groups excluding carboxylic acids is 3. The van der Waals surface area contributed by atoms with Gasteiger partial charge in [0.2, 0.25) is 5.91 Å². The summed E-state index contributed by atoms with van der Waals surface area (Å²) in [5.41, 5.74) is 8.93. The summed E-state index contributed by atoms with van der Waals surface area (Å²) in [6.45, 7) is 4.01. The van der Waals surface area contributed by atoms with Crippen LogP contribution in [-0.4, -0.2) is 96.1 Å². The van der Waals surface area contributed by atoms with Gasteiger partial charge >= 0.3 is 17.9 Å². The molecule has 0 aromatic heterocycles. The summed E-state index contributed by atoms with van der Waals surface area (Å²) in [6.07, 6.45) is 12.1. The van der Waals surface area contributed by atoms with Gasteiger partial charge in [-0.05, 0) is 82.8 Å². The van der Waals surface area contributed by atoms with E-state index in [9.17, 15) is 36.0 Å². The number of hydrogen-bond donors (Lipinski definition) is 3. The van der Waals surface area contributed by atoms with E-state index in [2.05, 4.69) is 10.1 Å². The summed E-state index contributed by atoms with van der Waals surface area (Å²) in [5, 5.41) is 11.9. The summed E-state index contributed by atoms with van der Waals surface area (Å²) in [6, 6.07) is 14.5. The fourth-order valence-corrected chi connectivity index (χ4v) is 8.30. The normalized spacial score (nSPS) is 15.8. The zero-order valence-electron chi connectivity index (χ0n) is 34.9. The highest BCUT2D eigenvalue weighted by Gasteiger charge is 2.45. The first-order chi connectivity index (χ1) is 26.6. The number of rotatable bonds is 19. The monoisotopic (exact) mass is 888 g/mol. The van der Waals surface area contributed by atoms with Gasteiger partial charge in [-0.1, -0.05) is 92.8 Å². The Labute approximate surface area is 359 Å². The number of carboxylic acid groups (broad SMARTS) is 1. The number of carbonyl (C=O) groups is 4. The van der Waals surface area contributed by atoms with Gasteiger partial charge in [-0.15, -0.1) is 12.4 Å². The molecular formula is C43H69ClN2O11S2. The maximum Gasteiger partial charge on any atom is 0.328 e. The lowest BCUT2D eigenvalue weighted by atomic mass is 9.65. The second-order valence-electron chi connectivity index (χ2n) is 15.8. The first-order valence-corrected chi connectivity index (χ1v) is 23.7. The van der Waals surface area contributed by atoms with Crippen molar-refractivity contribution < 1.29 is 50.6 Å². The maximum absolute atomic E-state index is 13.0. The number of ether oxygens (including phenoxy) is 2. The molecule has 2 unspecified atom stereocenters. The highest BCUT2D eigenvalue weighted by atomic mass is 35.5. The van der Waals surface area contributed by atoms with Gasteiger partial charge in [-0.3, -0.25) is 14.4 Å². The van der Waals surface area contributed by atoms with Crippen LogP contribution in [0.4, 0.5) is 0 Å². The number of unbranched alkanes of at least 4 members (excludes halogenated alkanes) is 2. The van der Waals surface area contributed by atoms with Gasteiger partial charge in [0.15, 0.2) is 0 Å². The van der Waals surface area contributed by atoms with Crippen LogP contribution in [0.15, 0.2) is 48.5 Å². The summed E-state index contributed by atoms with van der Waals surface area (Å²) in [7, 11) is -3.22. The number of halogens is 1. The largest absolute Gasteiger partial charge is 0.481 e. The molecule has 1 amide bonds. The molecule has 2 aromatic carbocycles. The SMILES string of the molecule is C.COC(=O)C(Cc1ccc(C)cc1)NC(=O)C1(CCCCS(C)(=O)=O)CCC1.COC(=O)C(N)Cc1ccc(C)cc1.CS(=O)(=O)CCCCC1(C(=O)O)CCC1.Cl. The molecule has 2 aliphatic carbocycles. The van der Waals surface area contributed by atoms with Crippen LogP contribution in [0.25, 0.3) is 0 Å². The van der Waals surface area contributed by atoms with Crippen molar-refractivity contribution in [3.05, 3.63) is 70.8 Å². The minimum absolute atomic E-state index is 0. The lowest BCUT2D eigenvalue weighted by molar-refractivity contribution is -0.155. The average Bonchev–Trinajstić information content (AvgIpc) is 3.10. The molecule has 0 saturated heterocycles. The van der Waals surface area contributed by atoms with Gasteiger partial charge in [-0.25, -0.2) is 21.6 Å². The van der Waals surface area contributed by atoms with Crippen molar-refractivity contribution in [3.63, 3.8) is 0 Å². The van der Waals surface area contributed by atoms with E-state index in [1.165, 1.54) is 32.3 Å². The summed E-state index contributed by atoms with van der Waals surface area (Å²) >= 11 is 0. The summed E-state index contributed by atoms with van der Waals surface area (Å²) < 4.78 is 53.7. The molecular weight excluding hydrogens is 820 g/mol. The van der Waals surface area contributed by atoms with Crippen molar-refractivity contribution in [1.29, 1.82) is 0 Å².